The number of fused-ring (bicyclic) bond motifs is 1. The van der Waals surface area contributed by atoms with Crippen LogP contribution in [0.2, 0.25) is 5.02 Å². The van der Waals surface area contributed by atoms with Crippen molar-refractivity contribution < 1.29 is 18.3 Å². The summed E-state index contributed by atoms with van der Waals surface area (Å²) in [5.41, 5.74) is 8.58. The van der Waals surface area contributed by atoms with Crippen LogP contribution in [0.5, 0.6) is 6.01 Å². The second kappa shape index (κ2) is 10.7. The minimum absolute atomic E-state index is 0.117. The van der Waals surface area contributed by atoms with Crippen molar-refractivity contribution in [1.29, 1.82) is 0 Å². The molecule has 2 saturated heterocycles. The summed E-state index contributed by atoms with van der Waals surface area (Å²) in [6, 6.07) is 3.43. The zero-order valence-corrected chi connectivity index (χ0v) is 25.5. The van der Waals surface area contributed by atoms with E-state index in [1.54, 1.807) is 6.07 Å². The number of ether oxygens (including phenoxy) is 2. The van der Waals surface area contributed by atoms with Gasteiger partial charge in [-0.25, -0.2) is 8.78 Å². The van der Waals surface area contributed by atoms with Gasteiger partial charge in [0.05, 0.1) is 32.8 Å². The molecule has 1 unspecified atom stereocenters. The zero-order valence-electron chi connectivity index (χ0n) is 24.0. The Morgan fingerprint density at radius 1 is 1.17 bits per heavy atom. The normalized spacial score (nSPS) is 21.9. The van der Waals surface area contributed by atoms with E-state index in [0.717, 1.165) is 55.7 Å². The standard InChI is InChI=1S/C31H34ClF2N5O2S/c1-15-22-18(8-9-20(33)28(22)42-29(15)35)23-25(32)19-10-12-39(17-6-5-13-40-14-17)30-24(19)27(26(23)34)36-31(37-30)41-16(2)21-7-4-11-38(21)3/h8-9,16-17,21H,4-7,10-14,35H2,1-3H3/t16-,17?,21-/m0/s1. The number of nitrogens with zero attached hydrogens (tertiary/aromatic N) is 4. The number of benzene rings is 2. The first-order valence-corrected chi connectivity index (χ1v) is 15.8. The quantitative estimate of drug-likeness (QED) is 0.267. The van der Waals surface area contributed by atoms with Gasteiger partial charge in [-0.05, 0) is 82.3 Å². The number of thiophene rings is 1. The lowest BCUT2D eigenvalue weighted by Gasteiger charge is -2.39. The van der Waals surface area contributed by atoms with Crippen LogP contribution in [0.4, 0.5) is 19.6 Å². The average molecular weight is 614 g/mol. The van der Waals surface area contributed by atoms with Gasteiger partial charge < -0.3 is 20.1 Å². The number of likely N-dealkylation sites (tertiary alicyclic amines) is 1. The monoisotopic (exact) mass is 613 g/mol. The summed E-state index contributed by atoms with van der Waals surface area (Å²) in [7, 11) is 2.09. The molecule has 222 valence electrons. The maximum absolute atomic E-state index is 16.9. The highest BCUT2D eigenvalue weighted by molar-refractivity contribution is 7.23. The van der Waals surface area contributed by atoms with Crippen molar-refractivity contribution in [2.24, 2.45) is 0 Å². The zero-order chi connectivity index (χ0) is 29.3. The van der Waals surface area contributed by atoms with Crippen LogP contribution in [0.15, 0.2) is 12.1 Å². The molecule has 0 bridgehead atoms. The summed E-state index contributed by atoms with van der Waals surface area (Å²) in [6.45, 7) is 6.83. The number of nitrogen functional groups attached to an aromatic ring is 1. The topological polar surface area (TPSA) is 76.7 Å². The van der Waals surface area contributed by atoms with Crippen molar-refractivity contribution in [1.82, 2.24) is 14.9 Å². The van der Waals surface area contributed by atoms with Gasteiger partial charge in [-0.1, -0.05) is 17.7 Å². The SMILES string of the molecule is Cc1c(N)sc2c(F)ccc(-c3c(Cl)c4c5c(nc(O[C@@H](C)[C@@H]6CCCN6C)nc5c3F)N(C3CCCOC3)CC4)c12. The van der Waals surface area contributed by atoms with E-state index < -0.39 is 11.6 Å². The molecule has 7 rings (SSSR count). The van der Waals surface area contributed by atoms with Gasteiger partial charge in [-0.15, -0.1) is 11.3 Å². The highest BCUT2D eigenvalue weighted by Crippen LogP contribution is 2.48. The van der Waals surface area contributed by atoms with Gasteiger partial charge in [-0.3, -0.25) is 4.90 Å². The van der Waals surface area contributed by atoms with Crippen molar-refractivity contribution in [2.75, 3.05) is 44.0 Å². The number of aromatic nitrogens is 2. The van der Waals surface area contributed by atoms with E-state index in [9.17, 15) is 4.39 Å². The van der Waals surface area contributed by atoms with Crippen LogP contribution >= 0.6 is 22.9 Å². The number of hydrogen-bond donors (Lipinski definition) is 1. The minimum Gasteiger partial charge on any atom is -0.459 e. The first-order valence-electron chi connectivity index (χ1n) is 14.6. The minimum atomic E-state index is -0.572. The van der Waals surface area contributed by atoms with Gasteiger partial charge in [0.15, 0.2) is 5.82 Å². The van der Waals surface area contributed by atoms with Gasteiger partial charge in [0.2, 0.25) is 0 Å². The lowest BCUT2D eigenvalue weighted by atomic mass is 9.91. The van der Waals surface area contributed by atoms with Crippen LogP contribution in [0.25, 0.3) is 32.1 Å². The summed E-state index contributed by atoms with van der Waals surface area (Å²) in [6.07, 6.45) is 4.45. The molecule has 2 aromatic heterocycles. The molecule has 11 heteroatoms. The summed E-state index contributed by atoms with van der Waals surface area (Å²) in [5.74, 6) is -0.336. The maximum atomic E-state index is 16.9. The molecule has 7 nitrogen and oxygen atoms in total. The molecule has 0 spiro atoms. The molecule has 42 heavy (non-hydrogen) atoms. The number of nitrogens with two attached hydrogens (primary N) is 1. The van der Waals surface area contributed by atoms with Crippen LogP contribution in [0.3, 0.4) is 0 Å². The molecule has 2 N–H and O–H groups in total. The Labute approximate surface area is 252 Å². The van der Waals surface area contributed by atoms with E-state index in [1.165, 1.54) is 6.07 Å². The molecule has 0 amide bonds. The predicted octanol–water partition coefficient (Wildman–Crippen LogP) is 6.74. The number of hydrogen-bond acceptors (Lipinski definition) is 8. The molecule has 4 aromatic rings. The highest BCUT2D eigenvalue weighted by atomic mass is 35.5. The summed E-state index contributed by atoms with van der Waals surface area (Å²) in [5, 5.41) is 1.98. The fraction of sp³-hybridized carbons (Fsp3) is 0.484. The number of rotatable bonds is 5. The Balaban J connectivity index is 1.45. The Hall–Kier alpha value is -2.79. The van der Waals surface area contributed by atoms with E-state index >= 15 is 4.39 Å². The maximum Gasteiger partial charge on any atom is 0.319 e. The second-order valence-electron chi connectivity index (χ2n) is 11.8. The number of halogens is 3. The van der Waals surface area contributed by atoms with E-state index in [2.05, 4.69) is 16.8 Å². The van der Waals surface area contributed by atoms with Gasteiger partial charge in [0.1, 0.15) is 23.3 Å². The second-order valence-corrected chi connectivity index (χ2v) is 13.2. The average Bonchev–Trinajstić information content (AvgIpc) is 3.55. The van der Waals surface area contributed by atoms with Crippen LogP contribution in [-0.2, 0) is 11.2 Å². The molecule has 0 saturated carbocycles. The molecular weight excluding hydrogens is 580 g/mol. The Morgan fingerprint density at radius 3 is 2.74 bits per heavy atom. The highest BCUT2D eigenvalue weighted by Gasteiger charge is 2.35. The van der Waals surface area contributed by atoms with Crippen LogP contribution < -0.4 is 15.4 Å². The number of aryl methyl sites for hydroxylation is 1. The first kappa shape index (κ1) is 28.0. The van der Waals surface area contributed by atoms with E-state index in [4.69, 9.17) is 36.8 Å². The summed E-state index contributed by atoms with van der Waals surface area (Å²) in [4.78, 5) is 14.1. The molecule has 0 radical (unpaired) electrons. The summed E-state index contributed by atoms with van der Waals surface area (Å²) >= 11 is 8.26. The van der Waals surface area contributed by atoms with Gasteiger partial charge in [-0.2, -0.15) is 9.97 Å². The van der Waals surface area contributed by atoms with Crippen molar-refractivity contribution in [2.45, 2.75) is 64.1 Å². The van der Waals surface area contributed by atoms with Crippen molar-refractivity contribution >= 4 is 54.7 Å². The third-order valence-corrected chi connectivity index (χ3v) is 10.8. The molecule has 2 fully saturated rings. The van der Waals surface area contributed by atoms with Crippen molar-refractivity contribution in [3.05, 3.63) is 39.9 Å². The van der Waals surface area contributed by atoms with E-state index in [1.807, 2.05) is 13.8 Å². The third kappa shape index (κ3) is 4.41. The largest absolute Gasteiger partial charge is 0.459 e. The molecule has 3 aliphatic heterocycles. The number of anilines is 2. The molecular formula is C31H34ClF2N5O2S. The molecule has 3 atom stereocenters. The van der Waals surface area contributed by atoms with Gasteiger partial charge in [0.25, 0.3) is 0 Å². The lowest BCUT2D eigenvalue weighted by molar-refractivity contribution is 0.0788. The van der Waals surface area contributed by atoms with Gasteiger partial charge >= 0.3 is 6.01 Å². The van der Waals surface area contributed by atoms with Gasteiger partial charge in [0, 0.05) is 30.1 Å². The number of likely N-dealkylation sites (N-methyl/N-ethyl adjacent to an activating group) is 1. The predicted molar refractivity (Wildman–Crippen MR) is 165 cm³/mol. The fourth-order valence-electron chi connectivity index (χ4n) is 7.06. The third-order valence-electron chi connectivity index (χ3n) is 9.28. The fourth-order valence-corrected chi connectivity index (χ4v) is 8.44. The molecule has 2 aromatic carbocycles. The Kier molecular flexibility index (Phi) is 7.16. The molecule has 5 heterocycles. The Morgan fingerprint density at radius 2 is 2.00 bits per heavy atom. The van der Waals surface area contributed by atoms with E-state index in [-0.39, 0.29) is 35.3 Å². The van der Waals surface area contributed by atoms with Crippen molar-refractivity contribution in [3.63, 3.8) is 0 Å². The first-order chi connectivity index (χ1) is 20.2. The van der Waals surface area contributed by atoms with Crippen LogP contribution in [0.1, 0.15) is 43.7 Å². The molecule has 3 aliphatic rings. The van der Waals surface area contributed by atoms with Crippen LogP contribution in [0, 0.1) is 18.6 Å². The molecule has 0 aliphatic carbocycles. The van der Waals surface area contributed by atoms with E-state index in [0.29, 0.717) is 62.0 Å². The summed E-state index contributed by atoms with van der Waals surface area (Å²) < 4.78 is 44.4. The lowest BCUT2D eigenvalue weighted by Crippen LogP contribution is -2.44. The smallest absolute Gasteiger partial charge is 0.319 e. The Bertz CT molecular complexity index is 1710. The van der Waals surface area contributed by atoms with Crippen molar-refractivity contribution in [3.8, 4) is 17.1 Å². The van der Waals surface area contributed by atoms with Crippen LogP contribution in [-0.4, -0.2) is 66.4 Å².